The van der Waals surface area contributed by atoms with Crippen molar-refractivity contribution in [3.63, 3.8) is 0 Å². The normalized spacial score (nSPS) is 10.6. The number of nitrogens with one attached hydrogen (secondary N) is 2. The van der Waals surface area contributed by atoms with E-state index in [-0.39, 0.29) is 5.91 Å². The lowest BCUT2D eigenvalue weighted by atomic mass is 10.2. The van der Waals surface area contributed by atoms with Crippen LogP contribution in [0.25, 0.3) is 0 Å². The molecule has 1 heterocycles. The fourth-order valence-corrected chi connectivity index (χ4v) is 1.38. The number of nitrogens with zero attached hydrogens (tertiary/aromatic N) is 1. The fraction of sp³-hybridized carbons (Fsp3) is 0. The maximum atomic E-state index is 11.6. The number of rotatable bonds is 3. The molecule has 5 heteroatoms. The van der Waals surface area contributed by atoms with Gasteiger partial charge in [0.05, 0.1) is 11.9 Å². The number of hydrazone groups is 1. The summed E-state index contributed by atoms with van der Waals surface area (Å²) in [5.41, 5.74) is 3.76. The third-order valence-corrected chi connectivity index (χ3v) is 2.35. The Balaban J connectivity index is 1.96. The molecule has 0 aliphatic carbocycles. The molecular weight excluding hydrogens is 238 g/mol. The number of aromatic amines is 1. The lowest BCUT2D eigenvalue weighted by Crippen LogP contribution is -2.17. The summed E-state index contributed by atoms with van der Waals surface area (Å²) in [5, 5.41) is 4.42. The van der Waals surface area contributed by atoms with E-state index < -0.39 is 0 Å². The number of hydrogen-bond donors (Lipinski definition) is 2. The van der Waals surface area contributed by atoms with Crippen molar-refractivity contribution < 1.29 is 4.79 Å². The monoisotopic (exact) mass is 247 g/mol. The summed E-state index contributed by atoms with van der Waals surface area (Å²) in [7, 11) is 0. The molecule has 4 nitrogen and oxygen atoms in total. The number of hydrogen-bond acceptors (Lipinski definition) is 2. The number of benzene rings is 1. The van der Waals surface area contributed by atoms with E-state index in [2.05, 4.69) is 15.5 Å². The van der Waals surface area contributed by atoms with E-state index in [1.54, 1.807) is 30.5 Å². The van der Waals surface area contributed by atoms with Gasteiger partial charge in [0.25, 0.3) is 5.91 Å². The Hall–Kier alpha value is -2.07. The van der Waals surface area contributed by atoms with Crippen LogP contribution in [0, 0.1) is 0 Å². The lowest BCUT2D eigenvalue weighted by molar-refractivity contribution is 0.0955. The van der Waals surface area contributed by atoms with Crippen molar-refractivity contribution in [1.82, 2.24) is 10.4 Å². The molecule has 2 aromatic rings. The van der Waals surface area contributed by atoms with Gasteiger partial charge in [-0.1, -0.05) is 11.6 Å². The zero-order valence-electron chi connectivity index (χ0n) is 8.85. The van der Waals surface area contributed by atoms with Gasteiger partial charge in [-0.2, -0.15) is 5.10 Å². The van der Waals surface area contributed by atoms with Gasteiger partial charge in [-0.15, -0.1) is 0 Å². The average Bonchev–Trinajstić information content (AvgIpc) is 2.83. The van der Waals surface area contributed by atoms with Gasteiger partial charge in [-0.25, -0.2) is 5.43 Å². The van der Waals surface area contributed by atoms with Crippen molar-refractivity contribution in [1.29, 1.82) is 0 Å². The minimum atomic E-state index is -0.274. The van der Waals surface area contributed by atoms with Gasteiger partial charge < -0.3 is 4.98 Å². The molecule has 2 N–H and O–H groups in total. The summed E-state index contributed by atoms with van der Waals surface area (Å²) in [5.74, 6) is -0.274. The van der Waals surface area contributed by atoms with E-state index in [4.69, 9.17) is 11.6 Å². The van der Waals surface area contributed by atoms with Crippen LogP contribution in [0.3, 0.4) is 0 Å². The predicted octanol–water partition coefficient (Wildman–Crippen LogP) is 2.43. The molecule has 0 aliphatic rings. The molecule has 1 amide bonds. The summed E-state index contributed by atoms with van der Waals surface area (Å²) < 4.78 is 0. The molecule has 86 valence electrons. The zero-order chi connectivity index (χ0) is 12.1. The van der Waals surface area contributed by atoms with E-state index in [1.165, 1.54) is 6.21 Å². The maximum Gasteiger partial charge on any atom is 0.271 e. The molecule has 0 saturated heterocycles. The minimum Gasteiger partial charge on any atom is -0.360 e. The van der Waals surface area contributed by atoms with Gasteiger partial charge in [0.15, 0.2) is 0 Å². The topological polar surface area (TPSA) is 57.2 Å². The van der Waals surface area contributed by atoms with Gasteiger partial charge >= 0.3 is 0 Å². The van der Waals surface area contributed by atoms with Gasteiger partial charge in [0, 0.05) is 16.8 Å². The molecule has 0 bridgehead atoms. The Labute approximate surface area is 103 Å². The van der Waals surface area contributed by atoms with Gasteiger partial charge in [-0.05, 0) is 36.4 Å². The Kier molecular flexibility index (Phi) is 3.57. The van der Waals surface area contributed by atoms with Crippen LogP contribution in [-0.2, 0) is 0 Å². The number of amides is 1. The second-order valence-corrected chi connectivity index (χ2v) is 3.77. The first kappa shape index (κ1) is 11.4. The molecule has 1 aromatic heterocycles. The highest BCUT2D eigenvalue weighted by Crippen LogP contribution is 2.09. The lowest BCUT2D eigenvalue weighted by Gasteiger charge is -1.99. The van der Waals surface area contributed by atoms with Crippen LogP contribution in [0.4, 0.5) is 0 Å². The Morgan fingerprint density at radius 1 is 1.29 bits per heavy atom. The summed E-state index contributed by atoms with van der Waals surface area (Å²) in [6, 6.07) is 10.3. The van der Waals surface area contributed by atoms with Crippen molar-refractivity contribution in [2.45, 2.75) is 0 Å². The van der Waals surface area contributed by atoms with Gasteiger partial charge in [-0.3, -0.25) is 4.79 Å². The Bertz CT molecular complexity index is 517. The molecule has 0 saturated carbocycles. The third-order valence-electron chi connectivity index (χ3n) is 2.10. The smallest absolute Gasteiger partial charge is 0.271 e. The van der Waals surface area contributed by atoms with Crippen molar-refractivity contribution in [3.05, 3.63) is 58.9 Å². The molecular formula is C12H10ClN3O. The fourth-order valence-electron chi connectivity index (χ4n) is 1.25. The maximum absolute atomic E-state index is 11.6. The molecule has 2 rings (SSSR count). The van der Waals surface area contributed by atoms with Crippen molar-refractivity contribution in [2.24, 2.45) is 5.10 Å². The summed E-state index contributed by atoms with van der Waals surface area (Å²) in [4.78, 5) is 14.5. The third kappa shape index (κ3) is 3.19. The van der Waals surface area contributed by atoms with Crippen LogP contribution >= 0.6 is 11.6 Å². The first-order chi connectivity index (χ1) is 8.25. The van der Waals surface area contributed by atoms with Crippen LogP contribution < -0.4 is 5.43 Å². The molecule has 0 aliphatic heterocycles. The zero-order valence-corrected chi connectivity index (χ0v) is 9.61. The second-order valence-electron chi connectivity index (χ2n) is 3.33. The SMILES string of the molecule is O=C(N/N=C/c1ccc[nH]1)c1ccc(Cl)cc1. The molecule has 0 spiro atoms. The average molecular weight is 248 g/mol. The summed E-state index contributed by atoms with van der Waals surface area (Å²) >= 11 is 5.72. The van der Waals surface area contributed by atoms with E-state index in [0.717, 1.165) is 5.69 Å². The molecule has 0 radical (unpaired) electrons. The van der Waals surface area contributed by atoms with E-state index in [1.807, 2.05) is 12.1 Å². The van der Waals surface area contributed by atoms with Gasteiger partial charge in [0.2, 0.25) is 0 Å². The first-order valence-corrected chi connectivity index (χ1v) is 5.36. The van der Waals surface area contributed by atoms with Gasteiger partial charge in [0.1, 0.15) is 0 Å². The van der Waals surface area contributed by atoms with Crippen LogP contribution in [-0.4, -0.2) is 17.1 Å². The quantitative estimate of drug-likeness (QED) is 0.635. The standard InChI is InChI=1S/C12H10ClN3O/c13-10-5-3-9(4-6-10)12(17)16-15-8-11-2-1-7-14-11/h1-8,14H,(H,16,17)/b15-8+. The van der Waals surface area contributed by atoms with Crippen molar-refractivity contribution in [2.75, 3.05) is 0 Å². The molecule has 0 atom stereocenters. The summed E-state index contributed by atoms with van der Waals surface area (Å²) in [6.07, 6.45) is 3.32. The number of carbonyl (C=O) groups excluding carboxylic acids is 1. The number of aromatic nitrogens is 1. The van der Waals surface area contributed by atoms with Crippen LogP contribution in [0.1, 0.15) is 16.1 Å². The van der Waals surface area contributed by atoms with Crippen molar-refractivity contribution in [3.8, 4) is 0 Å². The van der Waals surface area contributed by atoms with E-state index >= 15 is 0 Å². The van der Waals surface area contributed by atoms with E-state index in [0.29, 0.717) is 10.6 Å². The highest BCUT2D eigenvalue weighted by Gasteiger charge is 2.02. The molecule has 1 aromatic carbocycles. The highest BCUT2D eigenvalue weighted by molar-refractivity contribution is 6.30. The highest BCUT2D eigenvalue weighted by atomic mass is 35.5. The molecule has 17 heavy (non-hydrogen) atoms. The Morgan fingerprint density at radius 2 is 2.06 bits per heavy atom. The van der Waals surface area contributed by atoms with Crippen molar-refractivity contribution >= 4 is 23.7 Å². The van der Waals surface area contributed by atoms with E-state index in [9.17, 15) is 4.79 Å². The number of H-pyrrole nitrogens is 1. The largest absolute Gasteiger partial charge is 0.360 e. The molecule has 0 fully saturated rings. The number of carbonyl (C=O) groups is 1. The Morgan fingerprint density at radius 3 is 2.71 bits per heavy atom. The first-order valence-electron chi connectivity index (χ1n) is 4.98. The van der Waals surface area contributed by atoms with Crippen LogP contribution in [0.2, 0.25) is 5.02 Å². The van der Waals surface area contributed by atoms with Crippen LogP contribution in [0.5, 0.6) is 0 Å². The number of halogens is 1. The summed E-state index contributed by atoms with van der Waals surface area (Å²) in [6.45, 7) is 0. The van der Waals surface area contributed by atoms with Crippen LogP contribution in [0.15, 0.2) is 47.7 Å². The second kappa shape index (κ2) is 5.32. The predicted molar refractivity (Wildman–Crippen MR) is 67.3 cm³/mol. The molecule has 0 unspecified atom stereocenters. The minimum absolute atomic E-state index is 0.274.